The smallest absolute Gasteiger partial charge is 0.295 e. The molecular weight excluding hydrogens is 420 g/mol. The van der Waals surface area contributed by atoms with Gasteiger partial charge in [0.15, 0.2) is 0 Å². The third-order valence-electron chi connectivity index (χ3n) is 6.08. The summed E-state index contributed by atoms with van der Waals surface area (Å²) < 4.78 is 10.5. The molecule has 1 saturated heterocycles. The minimum absolute atomic E-state index is 0.0845. The fourth-order valence-corrected chi connectivity index (χ4v) is 4.17. The van der Waals surface area contributed by atoms with Crippen molar-refractivity contribution in [2.24, 2.45) is 0 Å². The molecule has 33 heavy (non-hydrogen) atoms. The van der Waals surface area contributed by atoms with Gasteiger partial charge in [0.1, 0.15) is 17.3 Å². The van der Waals surface area contributed by atoms with E-state index < -0.39 is 17.7 Å². The first-order valence-electron chi connectivity index (χ1n) is 11.2. The minimum Gasteiger partial charge on any atom is -0.507 e. The Hall–Kier alpha value is -3.32. The van der Waals surface area contributed by atoms with Gasteiger partial charge in [0.05, 0.1) is 25.8 Å². The Morgan fingerprint density at radius 1 is 1.00 bits per heavy atom. The van der Waals surface area contributed by atoms with Gasteiger partial charge in [-0.3, -0.25) is 9.59 Å². The van der Waals surface area contributed by atoms with Crippen LogP contribution in [0.5, 0.6) is 11.5 Å². The van der Waals surface area contributed by atoms with Crippen molar-refractivity contribution >= 4 is 17.4 Å². The van der Waals surface area contributed by atoms with Crippen molar-refractivity contribution in [3.8, 4) is 11.5 Å². The minimum atomic E-state index is -0.682. The number of likely N-dealkylation sites (tertiary alicyclic amines) is 1. The quantitative estimate of drug-likeness (QED) is 0.335. The van der Waals surface area contributed by atoms with Gasteiger partial charge in [0.25, 0.3) is 11.7 Å². The van der Waals surface area contributed by atoms with Crippen molar-refractivity contribution in [1.82, 2.24) is 9.80 Å². The van der Waals surface area contributed by atoms with E-state index in [1.165, 1.54) is 7.11 Å². The summed E-state index contributed by atoms with van der Waals surface area (Å²) in [4.78, 5) is 30.0. The van der Waals surface area contributed by atoms with E-state index in [4.69, 9.17) is 9.47 Å². The van der Waals surface area contributed by atoms with E-state index in [9.17, 15) is 14.7 Å². The molecule has 0 bridgehead atoms. The number of hydrogen-bond donors (Lipinski definition) is 1. The van der Waals surface area contributed by atoms with Gasteiger partial charge in [-0.15, -0.1) is 0 Å². The number of rotatable bonds is 10. The molecule has 3 rings (SSSR count). The Labute approximate surface area is 195 Å². The number of amides is 1. The SMILES string of the molecule is CCN(CC)CCCN1C(=O)C(=O)/C(=C(/O)c2cccc(OC)c2)[C@H]1c1ccc(OC)cc1. The fourth-order valence-electron chi connectivity index (χ4n) is 4.17. The van der Waals surface area contributed by atoms with Crippen molar-refractivity contribution < 1.29 is 24.2 Å². The summed E-state index contributed by atoms with van der Waals surface area (Å²) in [6.45, 7) is 7.27. The van der Waals surface area contributed by atoms with E-state index in [-0.39, 0.29) is 11.3 Å². The first-order chi connectivity index (χ1) is 15.9. The van der Waals surface area contributed by atoms with Gasteiger partial charge < -0.3 is 24.4 Å². The van der Waals surface area contributed by atoms with E-state index >= 15 is 0 Å². The van der Waals surface area contributed by atoms with Crippen LogP contribution in [0.4, 0.5) is 0 Å². The van der Waals surface area contributed by atoms with Gasteiger partial charge in [0.2, 0.25) is 0 Å². The summed E-state index contributed by atoms with van der Waals surface area (Å²) in [7, 11) is 3.11. The zero-order chi connectivity index (χ0) is 24.0. The molecule has 7 nitrogen and oxygen atoms in total. The monoisotopic (exact) mass is 452 g/mol. The maximum absolute atomic E-state index is 13.1. The number of aliphatic hydroxyl groups excluding tert-OH is 1. The highest BCUT2D eigenvalue weighted by atomic mass is 16.5. The predicted molar refractivity (Wildman–Crippen MR) is 127 cm³/mol. The predicted octanol–water partition coefficient (Wildman–Crippen LogP) is 3.86. The number of benzene rings is 2. The van der Waals surface area contributed by atoms with Crippen molar-refractivity contribution in [1.29, 1.82) is 0 Å². The lowest BCUT2D eigenvalue weighted by Crippen LogP contribution is -2.33. The first-order valence-corrected chi connectivity index (χ1v) is 11.2. The molecule has 2 aromatic rings. The molecule has 0 saturated carbocycles. The summed E-state index contributed by atoms with van der Waals surface area (Å²) in [5.41, 5.74) is 1.25. The van der Waals surface area contributed by atoms with Crippen LogP contribution in [-0.2, 0) is 9.59 Å². The summed E-state index contributed by atoms with van der Waals surface area (Å²) in [5, 5.41) is 11.2. The molecule has 1 aliphatic rings. The van der Waals surface area contributed by atoms with Gasteiger partial charge in [-0.1, -0.05) is 38.1 Å². The number of aliphatic hydroxyl groups is 1. The second-order valence-corrected chi connectivity index (χ2v) is 7.88. The molecule has 0 aromatic heterocycles. The number of nitrogens with zero attached hydrogens (tertiary/aromatic N) is 2. The van der Waals surface area contributed by atoms with Crippen LogP contribution >= 0.6 is 0 Å². The largest absolute Gasteiger partial charge is 0.507 e. The average molecular weight is 453 g/mol. The number of Topliss-reactive ketones (excluding diaryl/α,β-unsaturated/α-hetero) is 1. The fraction of sp³-hybridized carbons (Fsp3) is 0.385. The van der Waals surface area contributed by atoms with Crippen LogP contribution in [0, 0.1) is 0 Å². The normalized spacial score (nSPS) is 17.6. The van der Waals surface area contributed by atoms with E-state index in [1.54, 1.807) is 48.4 Å². The van der Waals surface area contributed by atoms with Gasteiger partial charge in [-0.2, -0.15) is 0 Å². The molecule has 0 spiro atoms. The van der Waals surface area contributed by atoms with Crippen molar-refractivity contribution in [3.63, 3.8) is 0 Å². The van der Waals surface area contributed by atoms with Crippen LogP contribution in [0.1, 0.15) is 37.4 Å². The standard InChI is InChI=1S/C26H32N2O5/c1-5-27(6-2)15-8-16-28-23(18-11-13-20(32-3)14-12-18)22(25(30)26(28)31)24(29)19-9-7-10-21(17-19)33-4/h7,9-14,17,23,29H,5-6,8,15-16H2,1-4H3/b24-22+/t23-/m1/s1. The molecular formula is C26H32N2O5. The Bertz CT molecular complexity index is 1010. The Balaban J connectivity index is 2.04. The summed E-state index contributed by atoms with van der Waals surface area (Å²) in [5.74, 6) is -0.267. The molecule has 2 aromatic carbocycles. The Morgan fingerprint density at radius 3 is 2.27 bits per heavy atom. The number of ketones is 1. The van der Waals surface area contributed by atoms with Crippen LogP contribution in [-0.4, -0.2) is 67.0 Å². The second kappa shape index (κ2) is 11.0. The Morgan fingerprint density at radius 2 is 1.67 bits per heavy atom. The van der Waals surface area contributed by atoms with Crippen LogP contribution in [0.15, 0.2) is 54.1 Å². The number of carbonyl (C=O) groups is 2. The Kier molecular flexibility index (Phi) is 8.11. The van der Waals surface area contributed by atoms with Crippen molar-refractivity contribution in [2.45, 2.75) is 26.3 Å². The van der Waals surface area contributed by atoms with E-state index in [0.29, 0.717) is 23.6 Å². The topological polar surface area (TPSA) is 79.3 Å². The maximum Gasteiger partial charge on any atom is 0.295 e. The number of methoxy groups -OCH3 is 2. The summed E-state index contributed by atoms with van der Waals surface area (Å²) >= 11 is 0. The zero-order valence-corrected chi connectivity index (χ0v) is 19.7. The molecule has 1 N–H and O–H groups in total. The molecule has 1 atom stereocenters. The molecule has 1 aliphatic heterocycles. The molecule has 0 radical (unpaired) electrons. The van der Waals surface area contributed by atoms with Crippen LogP contribution in [0.2, 0.25) is 0 Å². The van der Waals surface area contributed by atoms with Crippen LogP contribution in [0.25, 0.3) is 5.76 Å². The highest BCUT2D eigenvalue weighted by Crippen LogP contribution is 2.40. The molecule has 1 amide bonds. The summed E-state index contributed by atoms with van der Waals surface area (Å²) in [6.07, 6.45) is 0.723. The lowest BCUT2D eigenvalue weighted by atomic mass is 9.95. The second-order valence-electron chi connectivity index (χ2n) is 7.88. The highest BCUT2D eigenvalue weighted by molar-refractivity contribution is 6.46. The van der Waals surface area contributed by atoms with Crippen LogP contribution in [0.3, 0.4) is 0 Å². The van der Waals surface area contributed by atoms with E-state index in [2.05, 4.69) is 18.7 Å². The third kappa shape index (κ3) is 5.20. The molecule has 7 heteroatoms. The third-order valence-corrected chi connectivity index (χ3v) is 6.08. The van der Waals surface area contributed by atoms with Crippen molar-refractivity contribution in [3.05, 3.63) is 65.2 Å². The lowest BCUT2D eigenvalue weighted by Gasteiger charge is -2.27. The van der Waals surface area contributed by atoms with Gasteiger partial charge in [-0.25, -0.2) is 0 Å². The number of hydrogen-bond acceptors (Lipinski definition) is 6. The summed E-state index contributed by atoms with van der Waals surface area (Å²) in [6, 6.07) is 13.4. The lowest BCUT2D eigenvalue weighted by molar-refractivity contribution is -0.140. The first kappa shape index (κ1) is 24.3. The van der Waals surface area contributed by atoms with Gasteiger partial charge in [-0.05, 0) is 55.9 Å². The van der Waals surface area contributed by atoms with E-state index in [1.807, 2.05) is 12.1 Å². The van der Waals surface area contributed by atoms with Crippen LogP contribution < -0.4 is 9.47 Å². The molecule has 176 valence electrons. The molecule has 0 unspecified atom stereocenters. The number of carbonyl (C=O) groups excluding carboxylic acids is 2. The average Bonchev–Trinajstić information content (AvgIpc) is 3.11. The maximum atomic E-state index is 13.1. The molecule has 0 aliphatic carbocycles. The highest BCUT2D eigenvalue weighted by Gasteiger charge is 2.45. The van der Waals surface area contributed by atoms with Crippen molar-refractivity contribution in [2.75, 3.05) is 40.4 Å². The van der Waals surface area contributed by atoms with E-state index in [0.717, 1.165) is 31.6 Å². The number of ether oxygens (including phenoxy) is 2. The van der Waals surface area contributed by atoms with Gasteiger partial charge >= 0.3 is 0 Å². The van der Waals surface area contributed by atoms with Gasteiger partial charge in [0, 0.05) is 12.1 Å². The molecule has 1 fully saturated rings. The zero-order valence-electron chi connectivity index (χ0n) is 19.7. The molecule has 1 heterocycles.